The van der Waals surface area contributed by atoms with E-state index < -0.39 is 80.7 Å². The molecule has 11 atom stereocenters. The largest absolute Gasteiger partial charge is 0.457 e. The van der Waals surface area contributed by atoms with E-state index in [0.717, 1.165) is 38.5 Å². The molecule has 0 aromatic rings. The number of aliphatic hydroxyl groups is 7. The Bertz CT molecular complexity index is 1060. The lowest BCUT2D eigenvalue weighted by Gasteiger charge is -2.42. The second-order valence-corrected chi connectivity index (χ2v) is 17.3. The van der Waals surface area contributed by atoms with Crippen molar-refractivity contribution < 1.29 is 69.0 Å². The van der Waals surface area contributed by atoms with Crippen molar-refractivity contribution in [3.8, 4) is 0 Å². The van der Waals surface area contributed by atoms with Gasteiger partial charge in [0, 0.05) is 13.0 Å². The number of carbonyl (C=O) groups excluding carboxylic acids is 1. The van der Waals surface area contributed by atoms with Gasteiger partial charge < -0.3 is 64.2 Å². The number of ether oxygens (including phenoxy) is 6. The van der Waals surface area contributed by atoms with Gasteiger partial charge in [-0.05, 0) is 38.5 Å². The number of esters is 1. The van der Waals surface area contributed by atoms with Gasteiger partial charge in [-0.1, -0.05) is 148 Å². The van der Waals surface area contributed by atoms with Crippen LogP contribution in [0.25, 0.3) is 0 Å². The molecule has 2 saturated heterocycles. The van der Waals surface area contributed by atoms with Gasteiger partial charge in [-0.25, -0.2) is 0 Å². The molecule has 0 aliphatic carbocycles. The predicted octanol–water partition coefficient (Wildman–Crippen LogP) is 6.29. The van der Waals surface area contributed by atoms with Crippen molar-refractivity contribution in [2.24, 2.45) is 0 Å². The van der Waals surface area contributed by atoms with Gasteiger partial charge in [0.15, 0.2) is 12.6 Å². The maximum absolute atomic E-state index is 12.9. The fraction of sp³-hybridized carbons (Fsp3) is 0.936. The van der Waals surface area contributed by atoms with E-state index >= 15 is 0 Å². The molecule has 11 unspecified atom stereocenters. The molecule has 2 rings (SSSR count). The molecule has 0 aromatic heterocycles. The number of hydrogen-bond acceptors (Lipinski definition) is 14. The fourth-order valence-electron chi connectivity index (χ4n) is 7.75. The molecule has 0 saturated carbocycles. The first-order chi connectivity index (χ1) is 29.6. The summed E-state index contributed by atoms with van der Waals surface area (Å²) in [6.07, 6.45) is 18.6. The lowest BCUT2D eigenvalue weighted by Crippen LogP contribution is -2.61. The van der Waals surface area contributed by atoms with Crippen LogP contribution < -0.4 is 0 Å². The zero-order valence-electron chi connectivity index (χ0n) is 37.9. The van der Waals surface area contributed by atoms with Gasteiger partial charge in [-0.3, -0.25) is 4.79 Å². The zero-order chi connectivity index (χ0) is 44.5. The van der Waals surface area contributed by atoms with Crippen LogP contribution in [-0.2, 0) is 33.2 Å². The molecule has 14 heteroatoms. The van der Waals surface area contributed by atoms with Crippen molar-refractivity contribution in [1.29, 1.82) is 0 Å². The molecule has 0 aromatic carbocycles. The smallest absolute Gasteiger partial charge is 0.306 e. The number of hydrogen-bond donors (Lipinski definition) is 7. The minimum atomic E-state index is -1.70. The Balaban J connectivity index is 1.74. The Kier molecular flexibility index (Phi) is 33.0. The van der Waals surface area contributed by atoms with E-state index in [4.69, 9.17) is 28.4 Å². The van der Waals surface area contributed by atoms with Gasteiger partial charge in [0.2, 0.25) is 0 Å². The average Bonchev–Trinajstić information content (AvgIpc) is 3.25. The first-order valence-electron chi connectivity index (χ1n) is 24.3. The van der Waals surface area contributed by atoms with Gasteiger partial charge in [-0.15, -0.1) is 0 Å². The van der Waals surface area contributed by atoms with Crippen molar-refractivity contribution in [3.05, 3.63) is 12.2 Å². The number of rotatable bonds is 38. The highest BCUT2D eigenvalue weighted by Crippen LogP contribution is 2.26. The third-order valence-electron chi connectivity index (χ3n) is 11.8. The van der Waals surface area contributed by atoms with Crippen LogP contribution >= 0.6 is 0 Å². The summed E-state index contributed by atoms with van der Waals surface area (Å²) in [5.74, 6) is -0.378. The first kappa shape index (κ1) is 55.9. The second-order valence-electron chi connectivity index (χ2n) is 17.3. The van der Waals surface area contributed by atoms with Crippen LogP contribution in [0.3, 0.4) is 0 Å². The summed E-state index contributed by atoms with van der Waals surface area (Å²) in [6, 6.07) is 0. The summed E-state index contributed by atoms with van der Waals surface area (Å²) < 4.78 is 34.1. The molecule has 0 bridgehead atoms. The van der Waals surface area contributed by atoms with E-state index in [9.17, 15) is 40.5 Å². The van der Waals surface area contributed by atoms with Crippen LogP contribution in [0.2, 0.25) is 0 Å². The Morgan fingerprint density at radius 2 is 0.967 bits per heavy atom. The van der Waals surface area contributed by atoms with Gasteiger partial charge in [-0.2, -0.15) is 0 Å². The average molecular weight is 877 g/mol. The standard InChI is InChI=1S/C47H88O14/c1-3-5-7-9-11-13-14-15-16-17-18-19-20-21-22-23-24-26-28-30-39(49)59-36(33-56-31-29-27-25-12-10-8-6-4-2)34-57-46-45(55)43(53)41(51)38(61-46)35-58-47-44(54)42(52)40(50)37(32-48)60-47/h15-16,36-38,40-48,50-55H,3-14,17-35H2,1-2H3/b16-15-. The molecule has 2 aliphatic heterocycles. The monoisotopic (exact) mass is 877 g/mol. The van der Waals surface area contributed by atoms with Crippen LogP contribution in [0.15, 0.2) is 12.2 Å². The van der Waals surface area contributed by atoms with Gasteiger partial charge in [0.05, 0.1) is 26.4 Å². The molecule has 0 spiro atoms. The second kappa shape index (κ2) is 36.0. The summed E-state index contributed by atoms with van der Waals surface area (Å²) in [5, 5.41) is 71.9. The van der Waals surface area contributed by atoms with Crippen molar-refractivity contribution in [3.63, 3.8) is 0 Å². The molecule has 2 fully saturated rings. The molecule has 2 heterocycles. The van der Waals surface area contributed by atoms with Gasteiger partial charge in [0.25, 0.3) is 0 Å². The van der Waals surface area contributed by atoms with Crippen molar-refractivity contribution in [2.45, 2.75) is 248 Å². The quantitative estimate of drug-likeness (QED) is 0.0206. The molecule has 7 N–H and O–H groups in total. The summed E-state index contributed by atoms with van der Waals surface area (Å²) in [6.45, 7) is 3.66. The Hall–Kier alpha value is -1.27. The van der Waals surface area contributed by atoms with E-state index in [0.29, 0.717) is 13.0 Å². The predicted molar refractivity (Wildman–Crippen MR) is 234 cm³/mol. The van der Waals surface area contributed by atoms with E-state index in [2.05, 4.69) is 26.0 Å². The summed E-state index contributed by atoms with van der Waals surface area (Å²) in [5.41, 5.74) is 0. The highest BCUT2D eigenvalue weighted by atomic mass is 16.7. The molecule has 0 amide bonds. The molecule has 61 heavy (non-hydrogen) atoms. The van der Waals surface area contributed by atoms with E-state index in [-0.39, 0.29) is 25.6 Å². The highest BCUT2D eigenvalue weighted by Gasteiger charge is 2.47. The van der Waals surface area contributed by atoms with Crippen LogP contribution in [0.5, 0.6) is 0 Å². The molecule has 14 nitrogen and oxygen atoms in total. The molecule has 0 radical (unpaired) electrons. The number of allylic oxidation sites excluding steroid dienone is 2. The molecule has 2 aliphatic rings. The molecule has 360 valence electrons. The van der Waals surface area contributed by atoms with Crippen LogP contribution in [-0.4, -0.2) is 142 Å². The summed E-state index contributed by atoms with van der Waals surface area (Å²) in [4.78, 5) is 12.9. The minimum Gasteiger partial charge on any atom is -0.457 e. The minimum absolute atomic E-state index is 0.0648. The van der Waals surface area contributed by atoms with E-state index in [1.54, 1.807) is 0 Å². The molecular weight excluding hydrogens is 789 g/mol. The van der Waals surface area contributed by atoms with Crippen molar-refractivity contribution >= 4 is 5.97 Å². The lowest BCUT2D eigenvalue weighted by molar-refractivity contribution is -0.332. The van der Waals surface area contributed by atoms with Gasteiger partial charge in [0.1, 0.15) is 54.9 Å². The van der Waals surface area contributed by atoms with Crippen LogP contribution in [0, 0.1) is 0 Å². The third-order valence-corrected chi connectivity index (χ3v) is 11.8. The lowest BCUT2D eigenvalue weighted by atomic mass is 9.98. The van der Waals surface area contributed by atoms with Crippen LogP contribution in [0.4, 0.5) is 0 Å². The Labute approximate surface area is 367 Å². The maximum Gasteiger partial charge on any atom is 0.306 e. The van der Waals surface area contributed by atoms with E-state index in [1.807, 2.05) is 0 Å². The Morgan fingerprint density at radius 3 is 1.49 bits per heavy atom. The Morgan fingerprint density at radius 1 is 0.525 bits per heavy atom. The number of carbonyl (C=O) groups is 1. The van der Waals surface area contributed by atoms with Crippen molar-refractivity contribution in [1.82, 2.24) is 0 Å². The topological polar surface area (TPSA) is 214 Å². The SMILES string of the molecule is CCCCCCCC/C=C\CCCCCCCCCCCC(=O)OC(COCCCCCCCCCC)COC1OC(COC2OC(CO)C(O)C(O)C2O)C(O)C(O)C1O. The highest BCUT2D eigenvalue weighted by molar-refractivity contribution is 5.69. The summed E-state index contributed by atoms with van der Waals surface area (Å²) in [7, 11) is 0. The normalized spacial score (nSPS) is 27.5. The maximum atomic E-state index is 12.9. The fourth-order valence-corrected chi connectivity index (χ4v) is 7.75. The number of aliphatic hydroxyl groups excluding tert-OH is 7. The van der Waals surface area contributed by atoms with Crippen molar-refractivity contribution in [2.75, 3.05) is 33.0 Å². The van der Waals surface area contributed by atoms with E-state index in [1.165, 1.54) is 116 Å². The van der Waals surface area contributed by atoms with Crippen LogP contribution in [0.1, 0.15) is 181 Å². The summed E-state index contributed by atoms with van der Waals surface area (Å²) >= 11 is 0. The number of unbranched alkanes of at least 4 members (excludes halogenated alkanes) is 22. The van der Waals surface area contributed by atoms with Gasteiger partial charge >= 0.3 is 5.97 Å². The first-order valence-corrected chi connectivity index (χ1v) is 24.3. The third kappa shape index (κ3) is 24.6. The zero-order valence-corrected chi connectivity index (χ0v) is 37.9. The molecular formula is C47H88O14.